The van der Waals surface area contributed by atoms with Crippen LogP contribution in [-0.4, -0.2) is 29.1 Å². The number of fused-ring (bicyclic) bond motifs is 1. The van der Waals surface area contributed by atoms with E-state index in [0.717, 1.165) is 10.1 Å². The third-order valence-electron chi connectivity index (χ3n) is 3.37. The third kappa shape index (κ3) is 3.16. The summed E-state index contributed by atoms with van der Waals surface area (Å²) in [5, 5.41) is 19.5. The lowest BCUT2D eigenvalue weighted by Crippen LogP contribution is -2.16. The summed E-state index contributed by atoms with van der Waals surface area (Å²) in [5.41, 5.74) is 0. The molecule has 0 aliphatic carbocycles. The number of carboxylic acid groups (broad SMARTS) is 1. The molecule has 0 aliphatic heterocycles. The largest absolute Gasteiger partial charge is 0.504 e. The number of carboxylic acids is 1. The molecule has 0 radical (unpaired) electrons. The van der Waals surface area contributed by atoms with E-state index in [1.165, 1.54) is 24.5 Å². The first kappa shape index (κ1) is 15.3. The lowest BCUT2D eigenvalue weighted by atomic mass is 9.99. The van der Waals surface area contributed by atoms with Gasteiger partial charge in [0.15, 0.2) is 17.3 Å². The molecule has 0 amide bonds. The van der Waals surface area contributed by atoms with Crippen LogP contribution in [0.5, 0.6) is 11.5 Å². The number of hydrogen-bond acceptors (Lipinski definition) is 5. The van der Waals surface area contributed by atoms with E-state index in [-0.39, 0.29) is 18.0 Å². The normalized spacial score (nSPS) is 12.3. The van der Waals surface area contributed by atoms with Crippen molar-refractivity contribution in [1.82, 2.24) is 0 Å². The number of rotatable bonds is 6. The van der Waals surface area contributed by atoms with Crippen LogP contribution in [0.2, 0.25) is 0 Å². The molecule has 1 aromatic heterocycles. The van der Waals surface area contributed by atoms with Crippen molar-refractivity contribution in [3.63, 3.8) is 0 Å². The second-order valence-electron chi connectivity index (χ2n) is 4.74. The number of methoxy groups -OCH3 is 1. The Kier molecular flexibility index (Phi) is 4.47. The van der Waals surface area contributed by atoms with Crippen LogP contribution in [0.25, 0.3) is 10.1 Å². The first-order chi connectivity index (χ1) is 9.96. The topological polar surface area (TPSA) is 83.8 Å². The number of hydrogen-bond donors (Lipinski definition) is 2. The van der Waals surface area contributed by atoms with Gasteiger partial charge in [0.2, 0.25) is 0 Å². The molecule has 6 heteroatoms. The summed E-state index contributed by atoms with van der Waals surface area (Å²) < 4.78 is 5.85. The highest BCUT2D eigenvalue weighted by Gasteiger charge is 2.21. The van der Waals surface area contributed by atoms with Crippen LogP contribution in [0.3, 0.4) is 0 Å². The number of thiophene rings is 1. The molecule has 1 aromatic carbocycles. The summed E-state index contributed by atoms with van der Waals surface area (Å²) in [6.45, 7) is 1.75. The number of phenolic OH excluding ortho intramolecular Hbond substituents is 1. The Morgan fingerprint density at radius 1 is 1.33 bits per heavy atom. The Balaban J connectivity index is 2.30. The number of ether oxygens (including phenoxy) is 1. The Labute approximate surface area is 125 Å². The van der Waals surface area contributed by atoms with Gasteiger partial charge in [-0.3, -0.25) is 9.59 Å². The average Bonchev–Trinajstić information content (AvgIpc) is 2.85. The van der Waals surface area contributed by atoms with Crippen LogP contribution in [0, 0.1) is 5.92 Å². The summed E-state index contributed by atoms with van der Waals surface area (Å²) >= 11 is 1.27. The van der Waals surface area contributed by atoms with Gasteiger partial charge >= 0.3 is 5.97 Å². The van der Waals surface area contributed by atoms with Crippen LogP contribution in [-0.2, 0) is 4.79 Å². The summed E-state index contributed by atoms with van der Waals surface area (Å²) in [5.74, 6) is -1.44. The number of ketones is 1. The van der Waals surface area contributed by atoms with E-state index >= 15 is 0 Å². The van der Waals surface area contributed by atoms with Gasteiger partial charge in [-0.1, -0.05) is 6.92 Å². The molecule has 0 saturated heterocycles. The van der Waals surface area contributed by atoms with Crippen LogP contribution in [0.4, 0.5) is 0 Å². The molecule has 21 heavy (non-hydrogen) atoms. The molecule has 0 aliphatic rings. The molecule has 5 nitrogen and oxygen atoms in total. The molecular formula is C15H16O5S. The lowest BCUT2D eigenvalue weighted by Gasteiger charge is -2.06. The number of Topliss-reactive ketones (excluding diaryl/α,β-unsaturated/α-hetero) is 1. The first-order valence-electron chi connectivity index (χ1n) is 6.52. The van der Waals surface area contributed by atoms with E-state index in [9.17, 15) is 14.7 Å². The van der Waals surface area contributed by atoms with Crippen molar-refractivity contribution in [2.24, 2.45) is 5.92 Å². The molecule has 0 fully saturated rings. The molecule has 0 spiro atoms. The molecule has 0 unspecified atom stereocenters. The van der Waals surface area contributed by atoms with Gasteiger partial charge in [-0.25, -0.2) is 0 Å². The Morgan fingerprint density at radius 3 is 2.62 bits per heavy atom. The number of carbonyl (C=O) groups is 2. The predicted molar refractivity (Wildman–Crippen MR) is 80.4 cm³/mol. The Hall–Kier alpha value is -2.08. The molecule has 1 atom stereocenters. The molecule has 2 aromatic rings. The van der Waals surface area contributed by atoms with Crippen LogP contribution in [0.1, 0.15) is 29.4 Å². The lowest BCUT2D eigenvalue weighted by molar-refractivity contribution is -0.141. The van der Waals surface area contributed by atoms with Gasteiger partial charge in [0.05, 0.1) is 17.9 Å². The fourth-order valence-electron chi connectivity index (χ4n) is 2.09. The van der Waals surface area contributed by atoms with Gasteiger partial charge in [-0.15, -0.1) is 11.3 Å². The zero-order chi connectivity index (χ0) is 15.6. The minimum Gasteiger partial charge on any atom is -0.504 e. The Bertz CT molecular complexity index is 689. The maximum Gasteiger partial charge on any atom is 0.306 e. The fourth-order valence-corrected chi connectivity index (χ4v) is 3.11. The minimum absolute atomic E-state index is 0.0121. The number of benzene rings is 1. The SMILES string of the molecule is CC[C@@H](CC(=O)c1cc2cc(O)c(OC)cc2s1)C(=O)O. The summed E-state index contributed by atoms with van der Waals surface area (Å²) in [6, 6.07) is 4.88. The van der Waals surface area contributed by atoms with E-state index in [1.807, 2.05) is 0 Å². The van der Waals surface area contributed by atoms with Crippen LogP contribution in [0.15, 0.2) is 18.2 Å². The van der Waals surface area contributed by atoms with Gasteiger partial charge in [0, 0.05) is 17.2 Å². The van der Waals surface area contributed by atoms with Gasteiger partial charge < -0.3 is 14.9 Å². The van der Waals surface area contributed by atoms with Crippen molar-refractivity contribution >= 4 is 33.2 Å². The minimum atomic E-state index is -0.953. The van der Waals surface area contributed by atoms with E-state index in [4.69, 9.17) is 9.84 Å². The van der Waals surface area contributed by atoms with Crippen molar-refractivity contribution in [3.05, 3.63) is 23.1 Å². The number of aromatic hydroxyl groups is 1. The van der Waals surface area contributed by atoms with Crippen molar-refractivity contribution in [2.45, 2.75) is 19.8 Å². The van der Waals surface area contributed by atoms with Crippen molar-refractivity contribution < 1.29 is 24.5 Å². The standard InChI is InChI=1S/C15H16O5S/c1-3-8(15(18)19)4-11(17)14-6-9-5-10(16)12(20-2)7-13(9)21-14/h5-8,16H,3-4H2,1-2H3,(H,18,19)/t8-/m0/s1. The molecule has 2 N–H and O–H groups in total. The van der Waals surface area contributed by atoms with E-state index in [0.29, 0.717) is 17.0 Å². The molecular weight excluding hydrogens is 292 g/mol. The van der Waals surface area contributed by atoms with Crippen molar-refractivity contribution in [1.29, 1.82) is 0 Å². The summed E-state index contributed by atoms with van der Waals surface area (Å²) in [6.07, 6.45) is 0.405. The van der Waals surface area contributed by atoms with Gasteiger partial charge in [0.25, 0.3) is 0 Å². The molecule has 0 bridgehead atoms. The van der Waals surface area contributed by atoms with Crippen molar-refractivity contribution in [2.75, 3.05) is 7.11 Å². The van der Waals surface area contributed by atoms with E-state index in [1.54, 1.807) is 19.1 Å². The fraction of sp³-hybridized carbons (Fsp3) is 0.333. The molecule has 112 valence electrons. The maximum absolute atomic E-state index is 12.2. The Morgan fingerprint density at radius 2 is 2.05 bits per heavy atom. The summed E-state index contributed by atoms with van der Waals surface area (Å²) in [7, 11) is 1.46. The van der Waals surface area contributed by atoms with Gasteiger partial charge in [0.1, 0.15) is 0 Å². The smallest absolute Gasteiger partial charge is 0.306 e. The van der Waals surface area contributed by atoms with Gasteiger partial charge in [-0.2, -0.15) is 0 Å². The highest BCUT2D eigenvalue weighted by atomic mass is 32.1. The zero-order valence-corrected chi connectivity index (χ0v) is 12.6. The van der Waals surface area contributed by atoms with Crippen molar-refractivity contribution in [3.8, 4) is 11.5 Å². The highest BCUT2D eigenvalue weighted by Crippen LogP contribution is 2.36. The van der Waals surface area contributed by atoms with Gasteiger partial charge in [-0.05, 0) is 23.9 Å². The average molecular weight is 308 g/mol. The van der Waals surface area contributed by atoms with E-state index in [2.05, 4.69) is 0 Å². The van der Waals surface area contributed by atoms with Crippen LogP contribution >= 0.6 is 11.3 Å². The summed E-state index contributed by atoms with van der Waals surface area (Å²) in [4.78, 5) is 23.7. The first-order valence-corrected chi connectivity index (χ1v) is 7.34. The molecule has 1 heterocycles. The zero-order valence-electron chi connectivity index (χ0n) is 11.8. The number of aliphatic carboxylic acids is 1. The number of carbonyl (C=O) groups excluding carboxylic acids is 1. The highest BCUT2D eigenvalue weighted by molar-refractivity contribution is 7.20. The monoisotopic (exact) mass is 308 g/mol. The predicted octanol–water partition coefficient (Wildman–Crippen LogP) is 3.30. The quantitative estimate of drug-likeness (QED) is 0.800. The molecule has 0 saturated carbocycles. The molecule has 2 rings (SSSR count). The maximum atomic E-state index is 12.2. The van der Waals surface area contributed by atoms with Crippen LogP contribution < -0.4 is 4.74 Å². The second-order valence-corrected chi connectivity index (χ2v) is 5.83. The van der Waals surface area contributed by atoms with E-state index < -0.39 is 11.9 Å². The third-order valence-corrected chi connectivity index (χ3v) is 4.51. The number of phenols is 1. The second kappa shape index (κ2) is 6.13.